The number of aryl methyl sites for hydroxylation is 1. The van der Waals surface area contributed by atoms with E-state index in [4.69, 9.17) is 16.3 Å². The number of carbonyl (C=O) groups is 2. The quantitative estimate of drug-likeness (QED) is 0.316. The molecule has 3 aromatic carbocycles. The van der Waals surface area contributed by atoms with Gasteiger partial charge in [-0.05, 0) is 63.1 Å². The lowest BCUT2D eigenvalue weighted by atomic mass is 10.1. The van der Waals surface area contributed by atoms with E-state index < -0.39 is 28.5 Å². The molecule has 0 spiro atoms. The first-order chi connectivity index (χ1) is 19.0. The van der Waals surface area contributed by atoms with Gasteiger partial charge in [-0.25, -0.2) is 8.42 Å². The Kier molecular flexibility index (Phi) is 10.6. The van der Waals surface area contributed by atoms with Crippen LogP contribution >= 0.6 is 11.6 Å². The molecule has 0 aromatic heterocycles. The largest absolute Gasteiger partial charge is 0.495 e. The van der Waals surface area contributed by atoms with Crippen molar-refractivity contribution in [1.82, 2.24) is 10.2 Å². The van der Waals surface area contributed by atoms with Gasteiger partial charge in [-0.3, -0.25) is 13.9 Å². The van der Waals surface area contributed by atoms with E-state index in [1.54, 1.807) is 31.2 Å². The lowest BCUT2D eigenvalue weighted by molar-refractivity contribution is -0.139. The number of nitrogens with zero attached hydrogens (tertiary/aromatic N) is 2. The van der Waals surface area contributed by atoms with Crippen LogP contribution in [0.3, 0.4) is 0 Å². The van der Waals surface area contributed by atoms with Crippen molar-refractivity contribution in [2.45, 2.75) is 57.6 Å². The molecule has 10 heteroatoms. The predicted molar refractivity (Wildman–Crippen MR) is 158 cm³/mol. The zero-order chi connectivity index (χ0) is 29.4. The minimum absolute atomic E-state index is 0.0162. The summed E-state index contributed by atoms with van der Waals surface area (Å²) in [6.45, 7) is 7.00. The fourth-order valence-electron chi connectivity index (χ4n) is 4.11. The number of amides is 2. The molecule has 3 aromatic rings. The van der Waals surface area contributed by atoms with E-state index in [9.17, 15) is 18.0 Å². The Labute approximate surface area is 241 Å². The monoisotopic (exact) mass is 585 g/mol. The summed E-state index contributed by atoms with van der Waals surface area (Å²) in [6, 6.07) is 19.1. The Morgan fingerprint density at radius 3 is 2.30 bits per heavy atom. The van der Waals surface area contributed by atoms with Crippen molar-refractivity contribution >= 4 is 39.1 Å². The molecule has 0 radical (unpaired) electrons. The zero-order valence-corrected chi connectivity index (χ0v) is 25.0. The Bertz CT molecular complexity index is 1430. The first kappa shape index (κ1) is 31.0. The van der Waals surface area contributed by atoms with Crippen LogP contribution in [0.25, 0.3) is 0 Å². The van der Waals surface area contributed by atoms with Crippen LogP contribution in [-0.2, 0) is 26.2 Å². The fraction of sp³-hybridized carbons (Fsp3) is 0.333. The highest BCUT2D eigenvalue weighted by molar-refractivity contribution is 7.92. The molecule has 0 fully saturated rings. The number of ether oxygens (including phenoxy) is 1. The van der Waals surface area contributed by atoms with Crippen molar-refractivity contribution in [2.24, 2.45) is 0 Å². The second-order valence-electron chi connectivity index (χ2n) is 9.65. The third kappa shape index (κ3) is 7.55. The van der Waals surface area contributed by atoms with Gasteiger partial charge < -0.3 is 15.0 Å². The molecule has 0 unspecified atom stereocenters. The maximum atomic E-state index is 14.0. The molecule has 2 amide bonds. The van der Waals surface area contributed by atoms with E-state index in [0.717, 1.165) is 21.9 Å². The van der Waals surface area contributed by atoms with Crippen molar-refractivity contribution in [2.75, 3.05) is 18.0 Å². The Morgan fingerprint density at radius 1 is 1.00 bits per heavy atom. The second-order valence-corrected chi connectivity index (χ2v) is 11.9. The van der Waals surface area contributed by atoms with Gasteiger partial charge in [0.2, 0.25) is 11.8 Å². The molecule has 0 aliphatic carbocycles. The molecule has 0 bridgehead atoms. The zero-order valence-electron chi connectivity index (χ0n) is 23.4. The van der Waals surface area contributed by atoms with E-state index in [1.165, 1.54) is 36.3 Å². The highest BCUT2D eigenvalue weighted by atomic mass is 35.5. The molecule has 3 rings (SSSR count). The molecule has 2 atom stereocenters. The summed E-state index contributed by atoms with van der Waals surface area (Å²) in [4.78, 5) is 28.5. The van der Waals surface area contributed by atoms with Gasteiger partial charge >= 0.3 is 0 Å². The van der Waals surface area contributed by atoms with Gasteiger partial charge in [0.1, 0.15) is 18.3 Å². The number of methoxy groups -OCH3 is 1. The Balaban J connectivity index is 2.05. The first-order valence-corrected chi connectivity index (χ1v) is 14.9. The van der Waals surface area contributed by atoms with Crippen molar-refractivity contribution in [3.8, 4) is 5.75 Å². The van der Waals surface area contributed by atoms with Crippen LogP contribution in [0.15, 0.2) is 77.7 Å². The van der Waals surface area contributed by atoms with E-state index >= 15 is 0 Å². The van der Waals surface area contributed by atoms with Crippen molar-refractivity contribution in [3.63, 3.8) is 0 Å². The van der Waals surface area contributed by atoms with E-state index in [1.807, 2.05) is 45.0 Å². The average molecular weight is 586 g/mol. The molecule has 214 valence electrons. The van der Waals surface area contributed by atoms with Gasteiger partial charge in [-0.15, -0.1) is 0 Å². The number of hydrogen-bond acceptors (Lipinski definition) is 5. The van der Waals surface area contributed by atoms with Gasteiger partial charge in [-0.2, -0.15) is 0 Å². The van der Waals surface area contributed by atoms with Crippen molar-refractivity contribution < 1.29 is 22.7 Å². The third-order valence-electron chi connectivity index (χ3n) is 6.64. The topological polar surface area (TPSA) is 96.0 Å². The number of halogens is 1. The van der Waals surface area contributed by atoms with E-state index in [-0.39, 0.29) is 34.1 Å². The summed E-state index contributed by atoms with van der Waals surface area (Å²) in [6.07, 6.45) is 0.728. The summed E-state index contributed by atoms with van der Waals surface area (Å²) in [7, 11) is -2.73. The van der Waals surface area contributed by atoms with Crippen LogP contribution in [0.4, 0.5) is 5.69 Å². The maximum Gasteiger partial charge on any atom is 0.264 e. The summed E-state index contributed by atoms with van der Waals surface area (Å²) in [5.74, 6) is -0.495. The van der Waals surface area contributed by atoms with Crippen LogP contribution in [0.1, 0.15) is 38.3 Å². The molecule has 1 N–H and O–H groups in total. The maximum absolute atomic E-state index is 14.0. The molecule has 0 saturated heterocycles. The second kappa shape index (κ2) is 13.7. The van der Waals surface area contributed by atoms with Crippen molar-refractivity contribution in [1.29, 1.82) is 0 Å². The third-order valence-corrected chi connectivity index (χ3v) is 8.72. The molecule has 40 heavy (non-hydrogen) atoms. The van der Waals surface area contributed by atoms with Gasteiger partial charge in [-0.1, -0.05) is 66.6 Å². The number of carbonyl (C=O) groups excluding carboxylic acids is 2. The minimum Gasteiger partial charge on any atom is -0.495 e. The number of benzene rings is 3. The summed E-state index contributed by atoms with van der Waals surface area (Å²) >= 11 is 6.35. The predicted octanol–water partition coefficient (Wildman–Crippen LogP) is 5.18. The number of nitrogens with one attached hydrogen (secondary N) is 1. The Morgan fingerprint density at radius 2 is 1.70 bits per heavy atom. The lowest BCUT2D eigenvalue weighted by Gasteiger charge is -2.32. The SMILES string of the molecule is CC[C@@H](C)NC(=O)[C@@H](C)N(Cc1cccc(C)c1)C(=O)CN(c1ccc(OC)c(Cl)c1)S(=O)(=O)c1ccccc1. The van der Waals surface area contributed by atoms with E-state index in [2.05, 4.69) is 5.32 Å². The average Bonchev–Trinajstić information content (AvgIpc) is 2.94. The number of rotatable bonds is 12. The fourth-order valence-corrected chi connectivity index (χ4v) is 5.79. The summed E-state index contributed by atoms with van der Waals surface area (Å²) < 4.78 is 33.9. The number of anilines is 1. The highest BCUT2D eigenvalue weighted by Gasteiger charge is 2.33. The lowest BCUT2D eigenvalue weighted by Crippen LogP contribution is -2.52. The molecule has 0 heterocycles. The smallest absolute Gasteiger partial charge is 0.264 e. The van der Waals surface area contributed by atoms with Crippen LogP contribution in [0.5, 0.6) is 5.75 Å². The highest BCUT2D eigenvalue weighted by Crippen LogP contribution is 2.32. The normalized spacial score (nSPS) is 12.8. The van der Waals surface area contributed by atoms with Crippen molar-refractivity contribution in [3.05, 3.63) is 88.9 Å². The van der Waals surface area contributed by atoms with Crippen LogP contribution < -0.4 is 14.4 Å². The van der Waals surface area contributed by atoms with Crippen LogP contribution in [0.2, 0.25) is 5.02 Å². The number of hydrogen-bond donors (Lipinski definition) is 1. The van der Waals surface area contributed by atoms with Gasteiger partial charge in [0.25, 0.3) is 10.0 Å². The van der Waals surface area contributed by atoms with E-state index in [0.29, 0.717) is 5.75 Å². The van der Waals surface area contributed by atoms with Gasteiger partial charge in [0.05, 0.1) is 22.7 Å². The van der Waals surface area contributed by atoms with Crippen LogP contribution in [-0.4, -0.2) is 50.9 Å². The molecular weight excluding hydrogens is 550 g/mol. The molecular formula is C30H36ClN3O5S. The first-order valence-electron chi connectivity index (χ1n) is 13.0. The summed E-state index contributed by atoms with van der Waals surface area (Å²) in [5.41, 5.74) is 2.01. The molecule has 0 aliphatic heterocycles. The van der Waals surface area contributed by atoms with Gasteiger partial charge in [0.15, 0.2) is 0 Å². The molecule has 0 aliphatic rings. The molecule has 0 saturated carbocycles. The standard InChI is InChI=1S/C30H36ClN3O5S/c1-6-22(3)32-30(36)23(4)33(19-24-12-10-11-21(2)17-24)29(35)20-34(25-15-16-28(39-5)27(31)18-25)40(37,38)26-13-8-7-9-14-26/h7-18,22-23H,6,19-20H2,1-5H3,(H,32,36)/t22-,23-/m1/s1. The number of sulfonamides is 1. The van der Waals surface area contributed by atoms with Gasteiger partial charge in [0, 0.05) is 12.6 Å². The van der Waals surface area contributed by atoms with Crippen LogP contribution in [0, 0.1) is 6.92 Å². The summed E-state index contributed by atoms with van der Waals surface area (Å²) in [5, 5.41) is 3.12. The minimum atomic E-state index is -4.18. The Hall–Kier alpha value is -3.56. The molecule has 8 nitrogen and oxygen atoms in total.